The van der Waals surface area contributed by atoms with Crippen LogP contribution in [-0.4, -0.2) is 39.4 Å². The molecule has 3 rings (SSSR count). The first-order valence-electron chi connectivity index (χ1n) is 9.36. The zero-order valence-corrected chi connectivity index (χ0v) is 18.7. The molecule has 11 heteroatoms. The lowest BCUT2D eigenvalue weighted by molar-refractivity contribution is 0.101. The summed E-state index contributed by atoms with van der Waals surface area (Å²) in [6.07, 6.45) is 0. The molecular weight excluding hydrogens is 436 g/mol. The van der Waals surface area contributed by atoms with Gasteiger partial charge in [0.2, 0.25) is 0 Å². The number of carbonyl (C=O) groups is 1. The molecule has 0 fully saturated rings. The number of aromatic nitrogens is 1. The van der Waals surface area contributed by atoms with Gasteiger partial charge in [0.15, 0.2) is 17.2 Å². The van der Waals surface area contributed by atoms with Gasteiger partial charge in [-0.05, 0) is 43.7 Å². The van der Waals surface area contributed by atoms with E-state index in [9.17, 15) is 13.2 Å². The smallest absolute Gasteiger partial charge is 0.277 e. The number of amides is 1. The monoisotopic (exact) mass is 458 g/mol. The van der Waals surface area contributed by atoms with Gasteiger partial charge in [0.1, 0.15) is 5.76 Å². The van der Waals surface area contributed by atoms with E-state index < -0.39 is 15.9 Å². The number of nitrogens with zero attached hydrogens (tertiary/aromatic N) is 2. The largest absolute Gasteiger partial charge is 0.493 e. The molecule has 168 valence electrons. The third-order valence-corrected chi connectivity index (χ3v) is 5.63. The lowest BCUT2D eigenvalue weighted by atomic mass is 10.1. The quantitative estimate of drug-likeness (QED) is 0.392. The van der Waals surface area contributed by atoms with Crippen LogP contribution in [0.15, 0.2) is 63.1 Å². The maximum atomic E-state index is 12.6. The molecule has 0 unspecified atom stereocenters. The fourth-order valence-electron chi connectivity index (χ4n) is 2.69. The summed E-state index contributed by atoms with van der Waals surface area (Å²) in [6.45, 7) is 3.35. The lowest BCUT2D eigenvalue weighted by Crippen LogP contribution is -2.20. The number of nitrogens with one attached hydrogen (secondary N) is 2. The lowest BCUT2D eigenvalue weighted by Gasteiger charge is -2.10. The molecule has 0 radical (unpaired) electrons. The molecule has 1 amide bonds. The Hall–Kier alpha value is -3.86. The molecule has 2 N–H and O–H groups in total. The van der Waals surface area contributed by atoms with Gasteiger partial charge >= 0.3 is 0 Å². The van der Waals surface area contributed by atoms with Gasteiger partial charge in [-0.2, -0.15) is 18.4 Å². The zero-order valence-electron chi connectivity index (χ0n) is 17.9. The third kappa shape index (κ3) is 5.24. The highest BCUT2D eigenvalue weighted by atomic mass is 32.2. The van der Waals surface area contributed by atoms with Gasteiger partial charge in [0, 0.05) is 17.8 Å². The molecule has 0 saturated carbocycles. The summed E-state index contributed by atoms with van der Waals surface area (Å²) in [6, 6.07) is 12.5. The van der Waals surface area contributed by atoms with Gasteiger partial charge < -0.3 is 19.3 Å². The summed E-state index contributed by atoms with van der Waals surface area (Å²) < 4.78 is 40.3. The summed E-state index contributed by atoms with van der Waals surface area (Å²) in [5.41, 5.74) is 1.81. The van der Waals surface area contributed by atoms with Crippen molar-refractivity contribution in [3.05, 3.63) is 65.5 Å². The van der Waals surface area contributed by atoms with Crippen molar-refractivity contribution in [2.45, 2.75) is 18.7 Å². The number of aryl methyl sites for hydroxylation is 1. The van der Waals surface area contributed by atoms with E-state index in [-0.39, 0.29) is 16.3 Å². The molecule has 2 aromatic carbocycles. The first kappa shape index (κ1) is 22.8. The normalized spacial score (nSPS) is 11.7. The number of methoxy groups -OCH3 is 2. The van der Waals surface area contributed by atoms with Gasteiger partial charge in [-0.1, -0.05) is 17.3 Å². The number of carbonyl (C=O) groups excluding carboxylic acids is 1. The minimum absolute atomic E-state index is 0.0205. The predicted octanol–water partition coefficient (Wildman–Crippen LogP) is 2.96. The van der Waals surface area contributed by atoms with Crippen molar-refractivity contribution in [1.82, 2.24) is 9.99 Å². The molecular formula is C21H22N4O6S. The summed E-state index contributed by atoms with van der Waals surface area (Å²) in [7, 11) is -1.04. The maximum Gasteiger partial charge on any atom is 0.277 e. The summed E-state index contributed by atoms with van der Waals surface area (Å²) >= 11 is 0. The second-order valence-corrected chi connectivity index (χ2v) is 8.32. The van der Waals surface area contributed by atoms with Crippen LogP contribution in [0.2, 0.25) is 0 Å². The Labute approximate surface area is 185 Å². The van der Waals surface area contributed by atoms with Gasteiger partial charge in [-0.25, -0.2) is 0 Å². The first-order valence-corrected chi connectivity index (χ1v) is 10.8. The molecule has 1 heterocycles. The van der Waals surface area contributed by atoms with E-state index in [1.807, 2.05) is 0 Å². The van der Waals surface area contributed by atoms with E-state index in [4.69, 9.17) is 14.0 Å². The molecule has 0 spiro atoms. The van der Waals surface area contributed by atoms with Crippen LogP contribution >= 0.6 is 0 Å². The third-order valence-electron chi connectivity index (χ3n) is 4.42. The van der Waals surface area contributed by atoms with E-state index in [1.165, 1.54) is 38.5 Å². The number of ether oxygens (including phenoxy) is 2. The number of hydrazone groups is 1. The van der Waals surface area contributed by atoms with Crippen LogP contribution in [0.5, 0.6) is 11.5 Å². The highest BCUT2D eigenvalue weighted by molar-refractivity contribution is 7.89. The molecule has 0 aliphatic heterocycles. The van der Waals surface area contributed by atoms with Crippen molar-refractivity contribution in [1.29, 1.82) is 0 Å². The van der Waals surface area contributed by atoms with Crippen molar-refractivity contribution < 1.29 is 27.2 Å². The molecule has 32 heavy (non-hydrogen) atoms. The topological polar surface area (TPSA) is 132 Å². The van der Waals surface area contributed by atoms with E-state index in [1.54, 1.807) is 38.1 Å². The van der Waals surface area contributed by atoms with Gasteiger partial charge in [-0.15, -0.1) is 0 Å². The van der Waals surface area contributed by atoms with Crippen LogP contribution < -0.4 is 19.6 Å². The standard InChI is InChI=1S/C21H22N4O6S/c1-13-11-18(24-31-13)21(26)22-16-7-5-15(6-8-16)14(2)23-25-32(27,28)17-9-10-19(29-3)20(12-17)30-4/h5-12,25H,1-4H3,(H,22,26)/b23-14+. The van der Waals surface area contributed by atoms with Crippen molar-refractivity contribution in [2.75, 3.05) is 19.5 Å². The van der Waals surface area contributed by atoms with Gasteiger partial charge in [0.25, 0.3) is 15.9 Å². The second-order valence-electron chi connectivity index (χ2n) is 6.66. The SMILES string of the molecule is COc1ccc(S(=O)(=O)N/N=C(\C)c2ccc(NC(=O)c3cc(C)on3)cc2)cc1OC. The van der Waals surface area contributed by atoms with Crippen LogP contribution in [0, 0.1) is 6.92 Å². The van der Waals surface area contributed by atoms with Crippen LogP contribution in [0.1, 0.15) is 28.7 Å². The molecule has 0 atom stereocenters. The van der Waals surface area contributed by atoms with Crippen molar-refractivity contribution >= 4 is 27.3 Å². The Morgan fingerprint density at radius 1 is 1.03 bits per heavy atom. The van der Waals surface area contributed by atoms with Crippen LogP contribution in [0.25, 0.3) is 0 Å². The average Bonchev–Trinajstić information content (AvgIpc) is 3.24. The maximum absolute atomic E-state index is 12.6. The second kappa shape index (κ2) is 9.52. The van der Waals surface area contributed by atoms with Crippen LogP contribution in [-0.2, 0) is 10.0 Å². The van der Waals surface area contributed by atoms with Gasteiger partial charge in [0.05, 0.1) is 24.8 Å². The van der Waals surface area contributed by atoms with Crippen LogP contribution in [0.4, 0.5) is 5.69 Å². The average molecular weight is 458 g/mol. The highest BCUT2D eigenvalue weighted by Gasteiger charge is 2.17. The van der Waals surface area contributed by atoms with Crippen molar-refractivity contribution in [3.8, 4) is 11.5 Å². The fourth-order valence-corrected chi connectivity index (χ4v) is 3.56. The Morgan fingerprint density at radius 3 is 2.31 bits per heavy atom. The molecule has 0 aliphatic rings. The van der Waals surface area contributed by atoms with E-state index in [0.717, 1.165) is 0 Å². The molecule has 0 saturated heterocycles. The first-order chi connectivity index (χ1) is 15.2. The number of sulfonamides is 1. The Morgan fingerprint density at radius 2 is 1.72 bits per heavy atom. The van der Waals surface area contributed by atoms with Crippen molar-refractivity contribution in [2.24, 2.45) is 5.10 Å². The van der Waals surface area contributed by atoms with E-state index in [0.29, 0.717) is 28.5 Å². The summed E-state index contributed by atoms with van der Waals surface area (Å²) in [5, 5.41) is 10.3. The summed E-state index contributed by atoms with van der Waals surface area (Å²) in [5.74, 6) is 0.835. The summed E-state index contributed by atoms with van der Waals surface area (Å²) in [4.78, 5) is 14.3. The number of rotatable bonds is 8. The van der Waals surface area contributed by atoms with Crippen molar-refractivity contribution in [3.63, 3.8) is 0 Å². The number of hydrogen-bond donors (Lipinski definition) is 2. The Balaban J connectivity index is 1.69. The molecule has 10 nitrogen and oxygen atoms in total. The predicted molar refractivity (Wildman–Crippen MR) is 118 cm³/mol. The zero-order chi connectivity index (χ0) is 23.3. The minimum atomic E-state index is -3.92. The molecule has 3 aromatic rings. The number of benzene rings is 2. The van der Waals surface area contributed by atoms with E-state index >= 15 is 0 Å². The van der Waals surface area contributed by atoms with Crippen LogP contribution in [0.3, 0.4) is 0 Å². The molecule has 0 bridgehead atoms. The molecule has 1 aromatic heterocycles. The fraction of sp³-hybridized carbons (Fsp3) is 0.190. The number of hydrogen-bond acceptors (Lipinski definition) is 8. The van der Waals surface area contributed by atoms with E-state index in [2.05, 4.69) is 20.4 Å². The highest BCUT2D eigenvalue weighted by Crippen LogP contribution is 2.29. The van der Waals surface area contributed by atoms with Gasteiger partial charge in [-0.3, -0.25) is 4.79 Å². The Kier molecular flexibility index (Phi) is 6.79. The molecule has 0 aliphatic carbocycles. The Bertz CT molecular complexity index is 1250. The number of anilines is 1. The minimum Gasteiger partial charge on any atom is -0.493 e.